The third-order valence-corrected chi connectivity index (χ3v) is 7.99. The number of aromatic hydroxyl groups is 1. The SMILES string of the molecule is COCC1=C2[C@@H](CC/C(C)=C/c3cc(I)c(O)c(OC)c3)OC[C@@H]2S(=O)(=O)C1. The van der Waals surface area contributed by atoms with E-state index in [0.717, 1.165) is 38.7 Å². The lowest BCUT2D eigenvalue weighted by Gasteiger charge is -2.14. The topological polar surface area (TPSA) is 82.1 Å². The van der Waals surface area contributed by atoms with Crippen molar-refractivity contribution >= 4 is 38.5 Å². The van der Waals surface area contributed by atoms with Crippen molar-refractivity contribution < 1.29 is 27.7 Å². The van der Waals surface area contributed by atoms with E-state index < -0.39 is 15.1 Å². The number of hydrogen-bond acceptors (Lipinski definition) is 6. The van der Waals surface area contributed by atoms with Gasteiger partial charge < -0.3 is 19.3 Å². The number of rotatable bonds is 7. The van der Waals surface area contributed by atoms with Crippen LogP contribution in [0.25, 0.3) is 6.08 Å². The minimum atomic E-state index is -3.16. The van der Waals surface area contributed by atoms with Gasteiger partial charge in [-0.2, -0.15) is 0 Å². The summed E-state index contributed by atoms with van der Waals surface area (Å²) in [7, 11) is -0.0539. The number of fused-ring (bicyclic) bond motifs is 1. The zero-order valence-corrected chi connectivity index (χ0v) is 19.2. The van der Waals surface area contributed by atoms with E-state index in [1.807, 2.05) is 19.1 Å². The number of allylic oxidation sites excluding steroid dienone is 1. The van der Waals surface area contributed by atoms with Crippen LogP contribution in [-0.2, 0) is 19.3 Å². The summed E-state index contributed by atoms with van der Waals surface area (Å²) in [4.78, 5) is 0. The normalized spacial score (nSPS) is 23.9. The summed E-state index contributed by atoms with van der Waals surface area (Å²) in [5, 5.41) is 9.46. The largest absolute Gasteiger partial charge is 0.504 e. The summed E-state index contributed by atoms with van der Waals surface area (Å²) in [6, 6.07) is 3.69. The van der Waals surface area contributed by atoms with Crippen molar-refractivity contribution in [1.82, 2.24) is 0 Å². The lowest BCUT2D eigenvalue weighted by atomic mass is 9.97. The Bertz CT molecular complexity index is 919. The first-order valence-electron chi connectivity index (χ1n) is 9.04. The van der Waals surface area contributed by atoms with Crippen LogP contribution in [0.3, 0.4) is 0 Å². The van der Waals surface area contributed by atoms with Crippen LogP contribution in [0.15, 0.2) is 28.9 Å². The van der Waals surface area contributed by atoms with Crippen LogP contribution in [0.1, 0.15) is 25.3 Å². The predicted molar refractivity (Wildman–Crippen MR) is 116 cm³/mol. The molecule has 1 fully saturated rings. The molecule has 0 unspecified atom stereocenters. The summed E-state index contributed by atoms with van der Waals surface area (Å²) < 4.78 is 41.7. The van der Waals surface area contributed by atoms with E-state index in [4.69, 9.17) is 14.2 Å². The molecular weight excluding hydrogens is 495 g/mol. The van der Waals surface area contributed by atoms with Crippen LogP contribution in [-0.4, -0.2) is 58.1 Å². The minimum Gasteiger partial charge on any atom is -0.504 e. The molecule has 1 aromatic carbocycles. The Hall–Kier alpha value is -1.10. The van der Waals surface area contributed by atoms with Crippen molar-refractivity contribution in [3.05, 3.63) is 38.0 Å². The highest BCUT2D eigenvalue weighted by Gasteiger charge is 2.46. The molecule has 0 amide bonds. The molecule has 2 aliphatic rings. The Kier molecular flexibility index (Phi) is 6.73. The molecule has 0 saturated carbocycles. The first-order valence-corrected chi connectivity index (χ1v) is 11.8. The monoisotopic (exact) mass is 520 g/mol. The first-order chi connectivity index (χ1) is 13.3. The average molecular weight is 520 g/mol. The Morgan fingerprint density at radius 1 is 1.39 bits per heavy atom. The van der Waals surface area contributed by atoms with Crippen LogP contribution in [0.5, 0.6) is 11.5 Å². The highest BCUT2D eigenvalue weighted by atomic mass is 127. The maximum Gasteiger partial charge on any atom is 0.171 e. The van der Waals surface area contributed by atoms with Gasteiger partial charge in [0.2, 0.25) is 0 Å². The fourth-order valence-electron chi connectivity index (χ4n) is 3.86. The molecule has 0 aromatic heterocycles. The van der Waals surface area contributed by atoms with Crippen molar-refractivity contribution in [3.63, 3.8) is 0 Å². The highest BCUT2D eigenvalue weighted by molar-refractivity contribution is 14.1. The molecule has 28 heavy (non-hydrogen) atoms. The molecule has 3 rings (SSSR count). The fraction of sp³-hybridized carbons (Fsp3) is 0.500. The van der Waals surface area contributed by atoms with Crippen LogP contribution < -0.4 is 4.74 Å². The van der Waals surface area contributed by atoms with Crippen molar-refractivity contribution in [2.24, 2.45) is 0 Å². The van der Waals surface area contributed by atoms with Gasteiger partial charge in [0.1, 0.15) is 5.25 Å². The molecule has 0 aliphatic carbocycles. The number of phenolic OH excluding ortho intramolecular Hbond substituents is 1. The molecule has 2 aliphatic heterocycles. The summed E-state index contributed by atoms with van der Waals surface area (Å²) in [6.07, 6.45) is 3.38. The number of benzene rings is 1. The average Bonchev–Trinajstić information content (AvgIpc) is 3.16. The molecule has 2 heterocycles. The molecule has 0 bridgehead atoms. The number of methoxy groups -OCH3 is 2. The predicted octanol–water partition coefficient (Wildman–Crippen LogP) is 3.33. The molecule has 2 atom stereocenters. The van der Waals surface area contributed by atoms with Crippen LogP contribution in [0, 0.1) is 3.57 Å². The molecule has 0 radical (unpaired) electrons. The van der Waals surface area contributed by atoms with Crippen LogP contribution >= 0.6 is 22.6 Å². The number of halogens is 1. The van der Waals surface area contributed by atoms with Gasteiger partial charge in [-0.05, 0) is 71.2 Å². The van der Waals surface area contributed by atoms with Gasteiger partial charge in [0.05, 0.1) is 35.8 Å². The van der Waals surface area contributed by atoms with E-state index in [-0.39, 0.29) is 24.2 Å². The van der Waals surface area contributed by atoms with Gasteiger partial charge >= 0.3 is 0 Å². The number of sulfone groups is 1. The minimum absolute atomic E-state index is 0.0846. The Morgan fingerprint density at radius 2 is 2.14 bits per heavy atom. The maximum atomic E-state index is 12.4. The second-order valence-electron chi connectivity index (χ2n) is 7.19. The number of phenols is 1. The van der Waals surface area contributed by atoms with Gasteiger partial charge in [-0.15, -0.1) is 0 Å². The summed E-state index contributed by atoms with van der Waals surface area (Å²) >= 11 is 2.07. The zero-order chi connectivity index (χ0) is 20.5. The molecule has 0 spiro atoms. The summed E-state index contributed by atoms with van der Waals surface area (Å²) in [5.74, 6) is 0.670. The van der Waals surface area contributed by atoms with Gasteiger partial charge in [0.25, 0.3) is 0 Å². The van der Waals surface area contributed by atoms with Crippen LogP contribution in [0.2, 0.25) is 0 Å². The van der Waals surface area contributed by atoms with E-state index in [1.54, 1.807) is 13.2 Å². The Labute approximate surface area is 179 Å². The quantitative estimate of drug-likeness (QED) is 0.439. The standard InChI is InChI=1S/C20H25IO6S/c1-12(6-13-7-15(21)20(22)17(8-13)26-3)4-5-16-19-14(9-25-2)11-28(23,24)18(19)10-27-16/h6-8,16,18,22H,4-5,9-11H2,1-3H3/b12-6+/t16-,18+/m1/s1. The molecular formula is C20H25IO6S. The van der Waals surface area contributed by atoms with E-state index >= 15 is 0 Å². The third-order valence-electron chi connectivity index (χ3n) is 5.16. The Balaban J connectivity index is 1.73. The highest BCUT2D eigenvalue weighted by Crippen LogP contribution is 2.39. The van der Waals surface area contributed by atoms with Gasteiger partial charge in [-0.25, -0.2) is 8.42 Å². The van der Waals surface area contributed by atoms with Crippen LogP contribution in [0.4, 0.5) is 0 Å². The van der Waals surface area contributed by atoms with Crippen molar-refractivity contribution in [2.45, 2.75) is 31.1 Å². The fourth-order valence-corrected chi connectivity index (χ4v) is 6.41. The maximum absolute atomic E-state index is 12.4. The number of ether oxygens (including phenoxy) is 3. The second kappa shape index (κ2) is 8.73. The smallest absolute Gasteiger partial charge is 0.171 e. The van der Waals surface area contributed by atoms with Gasteiger partial charge in [0.15, 0.2) is 21.3 Å². The van der Waals surface area contributed by atoms with Crippen molar-refractivity contribution in [3.8, 4) is 11.5 Å². The van der Waals surface area contributed by atoms with Gasteiger partial charge in [-0.1, -0.05) is 11.6 Å². The van der Waals surface area contributed by atoms with Gasteiger partial charge in [0, 0.05) is 7.11 Å². The summed E-state index contributed by atoms with van der Waals surface area (Å²) in [6.45, 7) is 2.62. The van der Waals surface area contributed by atoms with E-state index in [2.05, 4.69) is 22.6 Å². The summed E-state index contributed by atoms with van der Waals surface area (Å²) in [5.41, 5.74) is 3.86. The Morgan fingerprint density at radius 3 is 2.82 bits per heavy atom. The molecule has 154 valence electrons. The zero-order valence-electron chi connectivity index (χ0n) is 16.2. The van der Waals surface area contributed by atoms with E-state index in [0.29, 0.717) is 12.4 Å². The van der Waals surface area contributed by atoms with Crippen molar-refractivity contribution in [2.75, 3.05) is 33.2 Å². The molecule has 1 saturated heterocycles. The molecule has 1 N–H and O–H groups in total. The molecule has 8 heteroatoms. The van der Waals surface area contributed by atoms with E-state index in [1.165, 1.54) is 7.11 Å². The lowest BCUT2D eigenvalue weighted by molar-refractivity contribution is 0.117. The lowest BCUT2D eigenvalue weighted by Crippen LogP contribution is -2.19. The first kappa shape index (κ1) is 21.6. The second-order valence-corrected chi connectivity index (χ2v) is 10.5. The molecule has 6 nitrogen and oxygen atoms in total. The van der Waals surface area contributed by atoms with Crippen molar-refractivity contribution in [1.29, 1.82) is 0 Å². The number of hydrogen-bond donors (Lipinski definition) is 1. The van der Waals surface area contributed by atoms with Gasteiger partial charge in [-0.3, -0.25) is 0 Å². The van der Waals surface area contributed by atoms with E-state index in [9.17, 15) is 13.5 Å². The third kappa shape index (κ3) is 4.39. The molecule has 1 aromatic rings.